The molecule has 0 aromatic carbocycles. The minimum absolute atomic E-state index is 0.0750. The van der Waals surface area contributed by atoms with E-state index in [1.165, 1.54) is 25.7 Å². The summed E-state index contributed by atoms with van der Waals surface area (Å²) in [6.45, 7) is 8.31. The van der Waals surface area contributed by atoms with Crippen LogP contribution < -0.4 is 10.6 Å². The lowest BCUT2D eigenvalue weighted by molar-refractivity contribution is -0.121. The first-order valence-corrected chi connectivity index (χ1v) is 7.10. The van der Waals surface area contributed by atoms with E-state index in [0.29, 0.717) is 6.54 Å². The van der Waals surface area contributed by atoms with E-state index in [0.717, 1.165) is 19.1 Å². The zero-order valence-corrected chi connectivity index (χ0v) is 12.4. The fourth-order valence-electron chi connectivity index (χ4n) is 2.45. The van der Waals surface area contributed by atoms with Crippen molar-refractivity contribution in [3.63, 3.8) is 0 Å². The molecule has 4 heteroatoms. The number of nitrogens with one attached hydrogen (secondary N) is 2. The molecule has 0 aromatic rings. The second-order valence-electron chi connectivity index (χ2n) is 6.39. The third-order valence-corrected chi connectivity index (χ3v) is 3.39. The molecule has 1 fully saturated rings. The maximum Gasteiger partial charge on any atom is 0.234 e. The molecular formula is C14H29N3O. The Morgan fingerprint density at radius 1 is 1.28 bits per heavy atom. The van der Waals surface area contributed by atoms with Gasteiger partial charge in [-0.05, 0) is 40.7 Å². The average Bonchev–Trinajstić information content (AvgIpc) is 2.74. The topological polar surface area (TPSA) is 44.4 Å². The van der Waals surface area contributed by atoms with Gasteiger partial charge in [0.1, 0.15) is 0 Å². The molecule has 0 aromatic heterocycles. The molecule has 0 atom stereocenters. The van der Waals surface area contributed by atoms with Crippen LogP contribution in [0.3, 0.4) is 0 Å². The van der Waals surface area contributed by atoms with Gasteiger partial charge in [0.25, 0.3) is 0 Å². The number of hydrogen-bond acceptors (Lipinski definition) is 3. The molecule has 0 unspecified atom stereocenters. The van der Waals surface area contributed by atoms with Gasteiger partial charge in [0.05, 0.1) is 6.54 Å². The van der Waals surface area contributed by atoms with Crippen LogP contribution in [0.25, 0.3) is 0 Å². The van der Waals surface area contributed by atoms with Gasteiger partial charge in [-0.15, -0.1) is 0 Å². The quantitative estimate of drug-likeness (QED) is 0.705. The van der Waals surface area contributed by atoms with Gasteiger partial charge < -0.3 is 15.5 Å². The Balaban J connectivity index is 2.05. The Labute approximate surface area is 111 Å². The molecule has 1 aliphatic carbocycles. The summed E-state index contributed by atoms with van der Waals surface area (Å²) in [5.74, 6) is 0.0750. The van der Waals surface area contributed by atoms with Crippen molar-refractivity contribution in [1.29, 1.82) is 0 Å². The van der Waals surface area contributed by atoms with Gasteiger partial charge in [-0.25, -0.2) is 0 Å². The van der Waals surface area contributed by atoms with Crippen molar-refractivity contribution in [2.45, 2.75) is 58.0 Å². The van der Waals surface area contributed by atoms with E-state index in [1.807, 2.05) is 20.8 Å². The number of carbonyl (C=O) groups is 1. The van der Waals surface area contributed by atoms with Gasteiger partial charge in [0.15, 0.2) is 0 Å². The van der Waals surface area contributed by atoms with E-state index in [1.54, 1.807) is 0 Å². The van der Waals surface area contributed by atoms with Gasteiger partial charge in [-0.3, -0.25) is 4.79 Å². The Morgan fingerprint density at radius 2 is 1.89 bits per heavy atom. The molecule has 0 heterocycles. The Kier molecular flexibility index (Phi) is 6.09. The van der Waals surface area contributed by atoms with Gasteiger partial charge >= 0.3 is 0 Å². The monoisotopic (exact) mass is 255 g/mol. The van der Waals surface area contributed by atoms with E-state index in [2.05, 4.69) is 22.6 Å². The fourth-order valence-corrected chi connectivity index (χ4v) is 2.45. The van der Waals surface area contributed by atoms with Crippen LogP contribution in [-0.4, -0.2) is 49.1 Å². The molecule has 0 aliphatic heterocycles. The first-order chi connectivity index (χ1) is 8.38. The van der Waals surface area contributed by atoms with Crippen molar-refractivity contribution in [2.24, 2.45) is 0 Å². The molecule has 4 nitrogen and oxygen atoms in total. The van der Waals surface area contributed by atoms with Gasteiger partial charge in [-0.1, -0.05) is 12.8 Å². The van der Waals surface area contributed by atoms with Crippen LogP contribution in [0.2, 0.25) is 0 Å². The van der Waals surface area contributed by atoms with Crippen molar-refractivity contribution < 1.29 is 4.79 Å². The Bertz CT molecular complexity index is 254. The highest BCUT2D eigenvalue weighted by Crippen LogP contribution is 2.21. The van der Waals surface area contributed by atoms with Crippen LogP contribution in [0, 0.1) is 0 Å². The highest BCUT2D eigenvalue weighted by Gasteiger charge is 2.19. The SMILES string of the molecule is CN(CCNCC(=O)NC(C)(C)C)C1CCCC1. The van der Waals surface area contributed by atoms with Crippen LogP contribution in [0.4, 0.5) is 0 Å². The van der Waals surface area contributed by atoms with Crippen molar-refractivity contribution in [3.8, 4) is 0 Å². The first-order valence-electron chi connectivity index (χ1n) is 7.10. The van der Waals surface area contributed by atoms with Crippen molar-refractivity contribution in [3.05, 3.63) is 0 Å². The van der Waals surface area contributed by atoms with Crippen molar-refractivity contribution >= 4 is 5.91 Å². The highest BCUT2D eigenvalue weighted by atomic mass is 16.2. The molecule has 0 bridgehead atoms. The van der Waals surface area contributed by atoms with Crippen LogP contribution >= 0.6 is 0 Å². The summed E-state index contributed by atoms with van der Waals surface area (Å²) in [4.78, 5) is 14.0. The summed E-state index contributed by atoms with van der Waals surface area (Å²) in [7, 11) is 2.19. The minimum Gasteiger partial charge on any atom is -0.350 e. The second kappa shape index (κ2) is 7.10. The Hall–Kier alpha value is -0.610. The maximum absolute atomic E-state index is 11.6. The molecule has 0 radical (unpaired) electrons. The van der Waals surface area contributed by atoms with Crippen LogP contribution in [0.5, 0.6) is 0 Å². The number of likely N-dealkylation sites (N-methyl/N-ethyl adjacent to an activating group) is 1. The van der Waals surface area contributed by atoms with E-state index >= 15 is 0 Å². The minimum atomic E-state index is -0.139. The summed E-state index contributed by atoms with van der Waals surface area (Å²) >= 11 is 0. The molecular weight excluding hydrogens is 226 g/mol. The highest BCUT2D eigenvalue weighted by molar-refractivity contribution is 5.78. The molecule has 106 valence electrons. The zero-order valence-electron chi connectivity index (χ0n) is 12.4. The van der Waals surface area contributed by atoms with Crippen molar-refractivity contribution in [2.75, 3.05) is 26.7 Å². The first kappa shape index (κ1) is 15.4. The molecule has 1 rings (SSSR count). The number of carbonyl (C=O) groups excluding carboxylic acids is 1. The average molecular weight is 255 g/mol. The normalized spacial score (nSPS) is 17.4. The standard InChI is InChI=1S/C14H29N3O/c1-14(2,3)16-13(18)11-15-9-10-17(4)12-7-5-6-8-12/h12,15H,5-11H2,1-4H3,(H,16,18). The fraction of sp³-hybridized carbons (Fsp3) is 0.929. The molecule has 1 amide bonds. The lowest BCUT2D eigenvalue weighted by atomic mass is 10.1. The van der Waals surface area contributed by atoms with Crippen LogP contribution in [-0.2, 0) is 4.79 Å². The molecule has 2 N–H and O–H groups in total. The lowest BCUT2D eigenvalue weighted by Crippen LogP contribution is -2.46. The summed E-state index contributed by atoms with van der Waals surface area (Å²) in [5.41, 5.74) is -0.139. The Morgan fingerprint density at radius 3 is 2.44 bits per heavy atom. The lowest BCUT2D eigenvalue weighted by Gasteiger charge is -2.24. The van der Waals surface area contributed by atoms with Gasteiger partial charge in [0, 0.05) is 24.7 Å². The van der Waals surface area contributed by atoms with E-state index in [9.17, 15) is 4.79 Å². The predicted octanol–water partition coefficient (Wildman–Crippen LogP) is 1.37. The van der Waals surface area contributed by atoms with E-state index in [4.69, 9.17) is 0 Å². The zero-order chi connectivity index (χ0) is 13.6. The van der Waals surface area contributed by atoms with Crippen LogP contribution in [0.15, 0.2) is 0 Å². The van der Waals surface area contributed by atoms with Crippen LogP contribution in [0.1, 0.15) is 46.5 Å². The summed E-state index contributed by atoms with van der Waals surface area (Å²) in [6.07, 6.45) is 5.41. The second-order valence-corrected chi connectivity index (χ2v) is 6.39. The number of nitrogens with zero attached hydrogens (tertiary/aromatic N) is 1. The van der Waals surface area contributed by atoms with Crippen molar-refractivity contribution in [1.82, 2.24) is 15.5 Å². The molecule has 0 saturated heterocycles. The predicted molar refractivity (Wildman–Crippen MR) is 75.7 cm³/mol. The molecule has 18 heavy (non-hydrogen) atoms. The van der Waals surface area contributed by atoms with E-state index in [-0.39, 0.29) is 11.4 Å². The molecule has 1 aliphatic rings. The summed E-state index contributed by atoms with van der Waals surface area (Å²) in [5, 5.41) is 6.16. The largest absolute Gasteiger partial charge is 0.350 e. The smallest absolute Gasteiger partial charge is 0.234 e. The van der Waals surface area contributed by atoms with E-state index < -0.39 is 0 Å². The molecule has 0 spiro atoms. The third kappa shape index (κ3) is 6.36. The molecule has 1 saturated carbocycles. The third-order valence-electron chi connectivity index (χ3n) is 3.39. The number of hydrogen-bond donors (Lipinski definition) is 2. The summed E-state index contributed by atoms with van der Waals surface area (Å²) < 4.78 is 0. The van der Waals surface area contributed by atoms with Gasteiger partial charge in [-0.2, -0.15) is 0 Å². The summed E-state index contributed by atoms with van der Waals surface area (Å²) in [6, 6.07) is 0.759. The number of rotatable bonds is 6. The number of amides is 1. The maximum atomic E-state index is 11.6. The van der Waals surface area contributed by atoms with Gasteiger partial charge in [0.2, 0.25) is 5.91 Å².